The Morgan fingerprint density at radius 2 is 2.00 bits per heavy atom. The summed E-state index contributed by atoms with van der Waals surface area (Å²) in [5.41, 5.74) is 1.17. The van der Waals surface area contributed by atoms with Crippen LogP contribution in [0.4, 0.5) is 0 Å². The van der Waals surface area contributed by atoms with Crippen LogP contribution in [0.2, 0.25) is 0 Å². The second kappa shape index (κ2) is 11.9. The molecule has 0 saturated carbocycles. The quantitative estimate of drug-likeness (QED) is 0.564. The van der Waals surface area contributed by atoms with Crippen LogP contribution in [-0.4, -0.2) is 40.1 Å². The molecule has 0 saturated heterocycles. The molecule has 0 aromatic carbocycles. The Balaban J connectivity index is 1.99. The molecule has 1 heterocycles. The minimum absolute atomic E-state index is 0.520. The first-order chi connectivity index (χ1) is 9.86. The van der Waals surface area contributed by atoms with Gasteiger partial charge < -0.3 is 23.9 Å². The molecule has 0 amide bonds. The summed E-state index contributed by atoms with van der Waals surface area (Å²) in [6, 6.07) is 2.04. The summed E-state index contributed by atoms with van der Waals surface area (Å²) in [5, 5.41) is 3.34. The van der Waals surface area contributed by atoms with Crippen molar-refractivity contribution < 1.29 is 18.6 Å². The number of furan rings is 1. The third-order valence-corrected chi connectivity index (χ3v) is 2.72. The number of hydrogen-bond acceptors (Lipinski definition) is 5. The van der Waals surface area contributed by atoms with Gasteiger partial charge in [0.05, 0.1) is 19.5 Å². The summed E-state index contributed by atoms with van der Waals surface area (Å²) in [4.78, 5) is 0. The van der Waals surface area contributed by atoms with Crippen molar-refractivity contribution in [1.82, 2.24) is 5.32 Å². The van der Waals surface area contributed by atoms with Gasteiger partial charge in [-0.05, 0) is 25.5 Å². The van der Waals surface area contributed by atoms with Crippen molar-refractivity contribution in [3.63, 3.8) is 0 Å². The van der Waals surface area contributed by atoms with E-state index >= 15 is 0 Å². The van der Waals surface area contributed by atoms with Gasteiger partial charge in [-0.2, -0.15) is 0 Å². The van der Waals surface area contributed by atoms with Gasteiger partial charge in [0.1, 0.15) is 12.4 Å². The minimum Gasteiger partial charge on any atom is -0.467 e. The molecule has 5 nitrogen and oxygen atoms in total. The van der Waals surface area contributed by atoms with Gasteiger partial charge in [0.2, 0.25) is 0 Å². The number of nitrogens with one attached hydrogen (secondary N) is 1. The van der Waals surface area contributed by atoms with Crippen LogP contribution in [0.15, 0.2) is 16.7 Å². The highest BCUT2D eigenvalue weighted by Crippen LogP contribution is 2.09. The zero-order valence-corrected chi connectivity index (χ0v) is 12.7. The molecule has 0 aliphatic carbocycles. The molecule has 0 unspecified atom stereocenters. The average molecular weight is 285 g/mol. The topological polar surface area (TPSA) is 52.9 Å². The van der Waals surface area contributed by atoms with Crippen molar-refractivity contribution in [3.05, 3.63) is 23.7 Å². The molecule has 0 atom stereocenters. The predicted octanol–water partition coefficient (Wildman–Crippen LogP) is 2.35. The van der Waals surface area contributed by atoms with Gasteiger partial charge in [0, 0.05) is 32.4 Å². The maximum Gasteiger partial charge on any atom is 0.129 e. The lowest BCUT2D eigenvalue weighted by Crippen LogP contribution is -2.13. The molecule has 0 aliphatic heterocycles. The molecule has 5 heteroatoms. The molecule has 0 radical (unpaired) electrons. The van der Waals surface area contributed by atoms with Crippen LogP contribution in [0.5, 0.6) is 0 Å². The summed E-state index contributed by atoms with van der Waals surface area (Å²) in [6.45, 7) is 7.22. The Labute approximate surface area is 121 Å². The van der Waals surface area contributed by atoms with Crippen molar-refractivity contribution >= 4 is 0 Å². The van der Waals surface area contributed by atoms with Gasteiger partial charge in [-0.15, -0.1) is 0 Å². The molecule has 0 fully saturated rings. The Hall–Kier alpha value is -0.880. The van der Waals surface area contributed by atoms with Crippen molar-refractivity contribution in [2.45, 2.75) is 32.9 Å². The normalized spacial score (nSPS) is 11.1. The maximum absolute atomic E-state index is 5.54. The maximum atomic E-state index is 5.54. The van der Waals surface area contributed by atoms with Gasteiger partial charge >= 0.3 is 0 Å². The minimum atomic E-state index is 0.520. The van der Waals surface area contributed by atoms with Crippen molar-refractivity contribution in [1.29, 1.82) is 0 Å². The first kappa shape index (κ1) is 17.2. The van der Waals surface area contributed by atoms with E-state index in [1.165, 1.54) is 5.56 Å². The zero-order chi connectivity index (χ0) is 14.5. The fourth-order valence-electron chi connectivity index (χ4n) is 1.68. The fraction of sp³-hybridized carbons (Fsp3) is 0.733. The largest absolute Gasteiger partial charge is 0.467 e. The molecular weight excluding hydrogens is 258 g/mol. The molecule has 20 heavy (non-hydrogen) atoms. The Kier molecular flexibility index (Phi) is 10.2. The van der Waals surface area contributed by atoms with E-state index in [0.29, 0.717) is 33.0 Å². The third-order valence-electron chi connectivity index (χ3n) is 2.72. The highest BCUT2D eigenvalue weighted by Gasteiger charge is 2.01. The number of ether oxygens (including phenoxy) is 3. The van der Waals surface area contributed by atoms with Crippen LogP contribution >= 0.6 is 0 Å². The average Bonchev–Trinajstić information content (AvgIpc) is 2.90. The summed E-state index contributed by atoms with van der Waals surface area (Å²) < 4.78 is 21.2. The van der Waals surface area contributed by atoms with E-state index in [9.17, 15) is 0 Å². The van der Waals surface area contributed by atoms with Crippen LogP contribution in [0.25, 0.3) is 0 Å². The van der Waals surface area contributed by atoms with E-state index in [2.05, 4.69) is 12.2 Å². The smallest absolute Gasteiger partial charge is 0.129 e. The lowest BCUT2D eigenvalue weighted by atomic mass is 10.3. The Morgan fingerprint density at radius 1 is 1.15 bits per heavy atom. The molecule has 0 spiro atoms. The second-order valence-corrected chi connectivity index (χ2v) is 4.61. The van der Waals surface area contributed by atoms with E-state index in [0.717, 1.165) is 31.7 Å². The highest BCUT2D eigenvalue weighted by molar-refractivity contribution is 5.11. The molecule has 1 aromatic heterocycles. The summed E-state index contributed by atoms with van der Waals surface area (Å²) in [6.07, 6.45) is 3.81. The molecule has 1 rings (SSSR count). The fourth-order valence-corrected chi connectivity index (χ4v) is 1.68. The van der Waals surface area contributed by atoms with Gasteiger partial charge in [0.25, 0.3) is 0 Å². The van der Waals surface area contributed by atoms with Crippen molar-refractivity contribution in [2.24, 2.45) is 0 Å². The summed E-state index contributed by atoms with van der Waals surface area (Å²) in [5.74, 6) is 0.874. The van der Waals surface area contributed by atoms with Crippen LogP contribution in [-0.2, 0) is 27.4 Å². The molecule has 1 N–H and O–H groups in total. The highest BCUT2D eigenvalue weighted by atomic mass is 16.5. The lowest BCUT2D eigenvalue weighted by molar-refractivity contribution is 0.0453. The van der Waals surface area contributed by atoms with Gasteiger partial charge in [0.15, 0.2) is 0 Å². The van der Waals surface area contributed by atoms with E-state index in [1.54, 1.807) is 13.4 Å². The summed E-state index contributed by atoms with van der Waals surface area (Å²) >= 11 is 0. The molecule has 1 aromatic rings. The van der Waals surface area contributed by atoms with Gasteiger partial charge in [-0.25, -0.2) is 0 Å². The molecule has 0 aliphatic rings. The van der Waals surface area contributed by atoms with E-state index in [-0.39, 0.29) is 0 Å². The third kappa shape index (κ3) is 8.32. The predicted molar refractivity (Wildman–Crippen MR) is 77.7 cm³/mol. The first-order valence-corrected chi connectivity index (χ1v) is 7.28. The van der Waals surface area contributed by atoms with E-state index in [4.69, 9.17) is 18.6 Å². The lowest BCUT2D eigenvalue weighted by Gasteiger charge is -2.04. The number of hydrogen-bond donors (Lipinski definition) is 1. The monoisotopic (exact) mass is 285 g/mol. The van der Waals surface area contributed by atoms with Crippen molar-refractivity contribution in [3.8, 4) is 0 Å². The van der Waals surface area contributed by atoms with Gasteiger partial charge in [-0.3, -0.25) is 0 Å². The molecular formula is C15H27NO4. The standard InChI is InChI=1S/C15H27NO4/c1-3-5-16-11-14-10-15(20-12-14)13-19-7-4-6-18-9-8-17-2/h10,12,16H,3-9,11,13H2,1-2H3. The van der Waals surface area contributed by atoms with E-state index in [1.807, 2.05) is 6.07 Å². The Bertz CT molecular complexity index is 327. The van der Waals surface area contributed by atoms with Crippen LogP contribution in [0.3, 0.4) is 0 Å². The van der Waals surface area contributed by atoms with Crippen LogP contribution < -0.4 is 5.32 Å². The second-order valence-electron chi connectivity index (χ2n) is 4.61. The van der Waals surface area contributed by atoms with Gasteiger partial charge in [-0.1, -0.05) is 6.92 Å². The first-order valence-electron chi connectivity index (χ1n) is 7.28. The SMILES string of the molecule is CCCNCc1coc(COCCCOCCOC)c1. The molecule has 116 valence electrons. The molecule has 0 bridgehead atoms. The Morgan fingerprint density at radius 3 is 2.80 bits per heavy atom. The summed E-state index contributed by atoms with van der Waals surface area (Å²) in [7, 11) is 1.67. The van der Waals surface area contributed by atoms with Crippen LogP contribution in [0.1, 0.15) is 31.1 Å². The zero-order valence-electron chi connectivity index (χ0n) is 12.7. The van der Waals surface area contributed by atoms with E-state index < -0.39 is 0 Å². The number of methoxy groups -OCH3 is 1. The van der Waals surface area contributed by atoms with Crippen LogP contribution in [0, 0.1) is 0 Å². The number of rotatable bonds is 13. The van der Waals surface area contributed by atoms with Crippen molar-refractivity contribution in [2.75, 3.05) is 40.1 Å².